The van der Waals surface area contributed by atoms with Crippen molar-refractivity contribution in [3.8, 4) is 0 Å². The summed E-state index contributed by atoms with van der Waals surface area (Å²) < 4.78 is 40.5. The number of rotatable bonds is 6. The van der Waals surface area contributed by atoms with E-state index >= 15 is 0 Å². The Morgan fingerprint density at radius 2 is 2.10 bits per heavy atom. The molecule has 0 aliphatic heterocycles. The van der Waals surface area contributed by atoms with Gasteiger partial charge in [-0.2, -0.15) is 13.2 Å². The van der Waals surface area contributed by atoms with Crippen molar-refractivity contribution in [2.75, 3.05) is 13.2 Å². The van der Waals surface area contributed by atoms with Crippen molar-refractivity contribution in [1.82, 2.24) is 4.90 Å². The van der Waals surface area contributed by atoms with Gasteiger partial charge < -0.3 is 9.64 Å². The van der Waals surface area contributed by atoms with Crippen LogP contribution in [0.1, 0.15) is 24.0 Å². The summed E-state index contributed by atoms with van der Waals surface area (Å²) in [5.74, 6) is -0.386. The Morgan fingerprint density at radius 3 is 2.67 bits per heavy atom. The molecule has 0 saturated heterocycles. The maximum Gasteiger partial charge on any atom is 0.411 e. The Labute approximate surface area is 121 Å². The quantitative estimate of drug-likeness (QED) is 0.808. The number of aryl methyl sites for hydroxylation is 1. The summed E-state index contributed by atoms with van der Waals surface area (Å²) in [5, 5.41) is 0. The number of hydrogen-bond donors (Lipinski definition) is 0. The molecule has 0 spiro atoms. The Bertz CT molecular complexity index is 498. The van der Waals surface area contributed by atoms with Gasteiger partial charge in [-0.1, -0.05) is 29.8 Å². The van der Waals surface area contributed by atoms with Gasteiger partial charge in [0.25, 0.3) is 0 Å². The van der Waals surface area contributed by atoms with Crippen LogP contribution in [-0.4, -0.2) is 36.2 Å². The van der Waals surface area contributed by atoms with E-state index in [2.05, 4.69) is 4.74 Å². The molecule has 3 nitrogen and oxygen atoms in total. The highest BCUT2D eigenvalue weighted by Crippen LogP contribution is 2.28. The molecule has 116 valence electrons. The standard InChI is InChI=1S/C15H18F3NO2/c1-11-3-2-4-12(7-11)8-19(13-5-6-13)14(20)9-21-10-15(16,17)18/h2-4,7,13H,5-6,8-10H2,1H3. The van der Waals surface area contributed by atoms with Crippen molar-refractivity contribution >= 4 is 5.91 Å². The number of carbonyl (C=O) groups excluding carboxylic acids is 1. The molecule has 1 aromatic rings. The molecular weight excluding hydrogens is 283 g/mol. The molecule has 0 bridgehead atoms. The second kappa shape index (κ2) is 6.47. The van der Waals surface area contributed by atoms with Crippen molar-refractivity contribution in [3.05, 3.63) is 35.4 Å². The minimum absolute atomic E-state index is 0.132. The van der Waals surface area contributed by atoms with E-state index in [0.29, 0.717) is 6.54 Å². The first kappa shape index (κ1) is 15.8. The van der Waals surface area contributed by atoms with Crippen molar-refractivity contribution in [1.29, 1.82) is 0 Å². The van der Waals surface area contributed by atoms with Crippen LogP contribution in [0.25, 0.3) is 0 Å². The smallest absolute Gasteiger partial charge is 0.362 e. The van der Waals surface area contributed by atoms with E-state index in [1.165, 1.54) is 0 Å². The summed E-state index contributed by atoms with van der Waals surface area (Å²) in [4.78, 5) is 13.6. The van der Waals surface area contributed by atoms with E-state index in [9.17, 15) is 18.0 Å². The van der Waals surface area contributed by atoms with E-state index in [-0.39, 0.29) is 11.9 Å². The van der Waals surface area contributed by atoms with Crippen molar-refractivity contribution < 1.29 is 22.7 Å². The second-order valence-corrected chi connectivity index (χ2v) is 5.35. The van der Waals surface area contributed by atoms with Crippen LogP contribution in [0.3, 0.4) is 0 Å². The molecule has 1 aliphatic carbocycles. The van der Waals surface area contributed by atoms with Gasteiger partial charge in [-0.15, -0.1) is 0 Å². The van der Waals surface area contributed by atoms with Crippen LogP contribution in [0.2, 0.25) is 0 Å². The second-order valence-electron chi connectivity index (χ2n) is 5.35. The SMILES string of the molecule is Cc1cccc(CN(C(=O)COCC(F)(F)F)C2CC2)c1. The predicted octanol–water partition coefficient (Wildman–Crippen LogP) is 3.06. The number of hydrogen-bond acceptors (Lipinski definition) is 2. The first-order chi connectivity index (χ1) is 9.85. The summed E-state index contributed by atoms with van der Waals surface area (Å²) in [7, 11) is 0. The summed E-state index contributed by atoms with van der Waals surface area (Å²) >= 11 is 0. The van der Waals surface area contributed by atoms with Crippen LogP contribution in [0.5, 0.6) is 0 Å². The summed E-state index contributed by atoms with van der Waals surface area (Å²) in [5.41, 5.74) is 2.06. The first-order valence-electron chi connectivity index (χ1n) is 6.84. The molecule has 21 heavy (non-hydrogen) atoms. The van der Waals surface area contributed by atoms with Crippen LogP contribution < -0.4 is 0 Å². The van der Waals surface area contributed by atoms with Crippen LogP contribution in [0.4, 0.5) is 13.2 Å². The fourth-order valence-electron chi connectivity index (χ4n) is 2.15. The lowest BCUT2D eigenvalue weighted by Gasteiger charge is -2.23. The molecule has 0 heterocycles. The predicted molar refractivity (Wildman–Crippen MR) is 71.6 cm³/mol. The Morgan fingerprint density at radius 1 is 1.38 bits per heavy atom. The molecule has 1 saturated carbocycles. The molecule has 0 atom stereocenters. The minimum atomic E-state index is -4.40. The maximum absolute atomic E-state index is 12.0. The topological polar surface area (TPSA) is 29.5 Å². The zero-order valence-electron chi connectivity index (χ0n) is 11.8. The molecule has 6 heteroatoms. The lowest BCUT2D eigenvalue weighted by molar-refractivity contribution is -0.178. The van der Waals surface area contributed by atoms with E-state index < -0.39 is 19.4 Å². The number of carbonyl (C=O) groups is 1. The third-order valence-electron chi connectivity index (χ3n) is 3.23. The van der Waals surface area contributed by atoms with Gasteiger partial charge >= 0.3 is 6.18 Å². The highest BCUT2D eigenvalue weighted by molar-refractivity contribution is 5.78. The molecular formula is C15H18F3NO2. The molecule has 0 aromatic heterocycles. The fourth-order valence-corrected chi connectivity index (χ4v) is 2.15. The van der Waals surface area contributed by atoms with Crippen LogP contribution in [-0.2, 0) is 16.1 Å². The van der Waals surface area contributed by atoms with E-state index in [1.807, 2.05) is 31.2 Å². The van der Waals surface area contributed by atoms with Crippen LogP contribution in [0, 0.1) is 6.92 Å². The van der Waals surface area contributed by atoms with Crippen LogP contribution >= 0.6 is 0 Å². The van der Waals surface area contributed by atoms with Crippen molar-refractivity contribution in [2.45, 2.75) is 38.5 Å². The third kappa shape index (κ3) is 5.38. The zero-order valence-corrected chi connectivity index (χ0v) is 11.8. The van der Waals surface area contributed by atoms with Gasteiger partial charge in [0.05, 0.1) is 0 Å². The summed E-state index contributed by atoms with van der Waals surface area (Å²) in [6.45, 7) is 0.462. The van der Waals surface area contributed by atoms with Gasteiger partial charge in [0.1, 0.15) is 13.2 Å². The summed E-state index contributed by atoms with van der Waals surface area (Å²) in [6.07, 6.45) is -2.60. The lowest BCUT2D eigenvalue weighted by Crippen LogP contribution is -2.36. The number of halogens is 3. The lowest BCUT2D eigenvalue weighted by atomic mass is 10.1. The highest BCUT2D eigenvalue weighted by Gasteiger charge is 2.33. The Balaban J connectivity index is 1.91. The molecule has 0 unspecified atom stereocenters. The van der Waals surface area contributed by atoms with Gasteiger partial charge in [-0.05, 0) is 25.3 Å². The third-order valence-corrected chi connectivity index (χ3v) is 3.23. The monoisotopic (exact) mass is 301 g/mol. The normalized spacial score (nSPS) is 15.0. The van der Waals surface area contributed by atoms with Gasteiger partial charge in [-0.25, -0.2) is 0 Å². The van der Waals surface area contributed by atoms with Crippen LogP contribution in [0.15, 0.2) is 24.3 Å². The average Bonchev–Trinajstić information content (AvgIpc) is 3.18. The zero-order chi connectivity index (χ0) is 15.5. The Kier molecular flexibility index (Phi) is 4.88. The van der Waals surface area contributed by atoms with E-state index in [1.54, 1.807) is 4.90 Å². The van der Waals surface area contributed by atoms with Crippen molar-refractivity contribution in [3.63, 3.8) is 0 Å². The number of amides is 1. The maximum atomic E-state index is 12.0. The number of benzene rings is 1. The van der Waals surface area contributed by atoms with Gasteiger partial charge in [-0.3, -0.25) is 4.79 Å². The van der Waals surface area contributed by atoms with Gasteiger partial charge in [0, 0.05) is 12.6 Å². The highest BCUT2D eigenvalue weighted by atomic mass is 19.4. The minimum Gasteiger partial charge on any atom is -0.362 e. The summed E-state index contributed by atoms with van der Waals surface area (Å²) in [6, 6.07) is 7.87. The largest absolute Gasteiger partial charge is 0.411 e. The van der Waals surface area contributed by atoms with Crippen molar-refractivity contribution in [2.24, 2.45) is 0 Å². The van der Waals surface area contributed by atoms with Gasteiger partial charge in [0.2, 0.25) is 5.91 Å². The molecule has 0 N–H and O–H groups in total. The first-order valence-corrected chi connectivity index (χ1v) is 6.84. The fraction of sp³-hybridized carbons (Fsp3) is 0.533. The van der Waals surface area contributed by atoms with E-state index in [4.69, 9.17) is 0 Å². The molecule has 1 fully saturated rings. The molecule has 1 amide bonds. The molecule has 1 aliphatic rings. The molecule has 1 aromatic carbocycles. The number of ether oxygens (including phenoxy) is 1. The van der Waals surface area contributed by atoms with Gasteiger partial charge in [0.15, 0.2) is 0 Å². The number of nitrogens with zero attached hydrogens (tertiary/aromatic N) is 1. The molecule has 0 radical (unpaired) electrons. The average molecular weight is 301 g/mol. The molecule has 2 rings (SSSR count). The van der Waals surface area contributed by atoms with E-state index in [0.717, 1.165) is 24.0 Å². The number of alkyl halides is 3. The Hall–Kier alpha value is -1.56.